The molecule has 1 aliphatic rings. The normalized spacial score (nSPS) is 23.2. The number of thiophene rings is 1. The quantitative estimate of drug-likeness (QED) is 0.909. The van der Waals surface area contributed by atoms with Crippen LogP contribution in [0.5, 0.6) is 0 Å². The molecule has 6 heteroatoms. The van der Waals surface area contributed by atoms with Crippen LogP contribution in [0.3, 0.4) is 0 Å². The summed E-state index contributed by atoms with van der Waals surface area (Å²) in [5, 5.41) is 6.19. The molecule has 102 valence electrons. The van der Waals surface area contributed by atoms with Crippen molar-refractivity contribution in [1.29, 1.82) is 0 Å². The summed E-state index contributed by atoms with van der Waals surface area (Å²) in [4.78, 5) is 19.2. The first-order chi connectivity index (χ1) is 9.26. The molecule has 0 bridgehead atoms. The van der Waals surface area contributed by atoms with Crippen molar-refractivity contribution in [3.63, 3.8) is 0 Å². The molecule has 0 spiro atoms. The second-order valence-corrected chi connectivity index (χ2v) is 6.95. The lowest BCUT2D eigenvalue weighted by Crippen LogP contribution is -2.28. The van der Waals surface area contributed by atoms with E-state index in [1.54, 1.807) is 0 Å². The fraction of sp³-hybridized carbons (Fsp3) is 0.538. The van der Waals surface area contributed by atoms with E-state index in [1.807, 2.05) is 23.2 Å². The Bertz CT molecular complexity index is 622. The Morgan fingerprint density at radius 1 is 1.58 bits per heavy atom. The van der Waals surface area contributed by atoms with Gasteiger partial charge in [-0.1, -0.05) is 0 Å². The van der Waals surface area contributed by atoms with Crippen LogP contribution >= 0.6 is 23.1 Å². The smallest absolute Gasteiger partial charge is 0.268 e. The minimum atomic E-state index is -0.0230. The first-order valence-electron chi connectivity index (χ1n) is 6.49. The van der Waals surface area contributed by atoms with E-state index in [1.165, 1.54) is 30.6 Å². The SMILES string of the molecule is CSC1CCC(NCc2nc3ccsc3c(=O)[nH]2)C1. The van der Waals surface area contributed by atoms with Gasteiger partial charge >= 0.3 is 0 Å². The number of hydrogen-bond donors (Lipinski definition) is 2. The molecule has 0 aromatic carbocycles. The van der Waals surface area contributed by atoms with Crippen molar-refractivity contribution in [2.24, 2.45) is 0 Å². The van der Waals surface area contributed by atoms with Crippen LogP contribution in [0.1, 0.15) is 25.1 Å². The van der Waals surface area contributed by atoms with Gasteiger partial charge in [-0.05, 0) is 37.0 Å². The van der Waals surface area contributed by atoms with E-state index in [0.29, 0.717) is 17.3 Å². The highest BCUT2D eigenvalue weighted by molar-refractivity contribution is 7.99. The van der Waals surface area contributed by atoms with E-state index in [0.717, 1.165) is 16.6 Å². The number of H-pyrrole nitrogens is 1. The van der Waals surface area contributed by atoms with Crippen LogP contribution in [0.25, 0.3) is 10.2 Å². The lowest BCUT2D eigenvalue weighted by Gasteiger charge is -2.12. The Morgan fingerprint density at radius 3 is 3.26 bits per heavy atom. The Balaban J connectivity index is 1.67. The molecular weight excluding hydrogens is 278 g/mol. The summed E-state index contributed by atoms with van der Waals surface area (Å²) in [5.74, 6) is 0.739. The van der Waals surface area contributed by atoms with Crippen LogP contribution in [0.15, 0.2) is 16.2 Å². The Morgan fingerprint density at radius 2 is 2.47 bits per heavy atom. The standard InChI is InChI=1S/C13H17N3OS2/c1-18-9-3-2-8(6-9)14-7-11-15-10-4-5-19-12(10)13(17)16-11/h4-5,8-9,14H,2-3,6-7H2,1H3,(H,15,16,17). The van der Waals surface area contributed by atoms with Crippen molar-refractivity contribution in [2.45, 2.75) is 37.1 Å². The lowest BCUT2D eigenvalue weighted by molar-refractivity contribution is 0.514. The van der Waals surface area contributed by atoms with Gasteiger partial charge in [0, 0.05) is 11.3 Å². The lowest BCUT2D eigenvalue weighted by atomic mass is 10.2. The second-order valence-electron chi connectivity index (χ2n) is 4.90. The Kier molecular flexibility index (Phi) is 3.91. The van der Waals surface area contributed by atoms with Crippen molar-refractivity contribution < 1.29 is 0 Å². The number of aromatic amines is 1. The van der Waals surface area contributed by atoms with E-state index in [-0.39, 0.29) is 5.56 Å². The van der Waals surface area contributed by atoms with Crippen molar-refractivity contribution >= 4 is 33.3 Å². The highest BCUT2D eigenvalue weighted by atomic mass is 32.2. The molecule has 2 unspecified atom stereocenters. The summed E-state index contributed by atoms with van der Waals surface area (Å²) >= 11 is 3.39. The van der Waals surface area contributed by atoms with Crippen LogP contribution < -0.4 is 10.9 Å². The summed E-state index contributed by atoms with van der Waals surface area (Å²) in [7, 11) is 0. The molecule has 0 radical (unpaired) electrons. The molecule has 1 fully saturated rings. The molecule has 2 aromatic rings. The van der Waals surface area contributed by atoms with E-state index in [9.17, 15) is 4.79 Å². The molecular formula is C13H17N3OS2. The molecule has 2 heterocycles. The van der Waals surface area contributed by atoms with Gasteiger partial charge in [-0.2, -0.15) is 11.8 Å². The van der Waals surface area contributed by atoms with Gasteiger partial charge in [0.1, 0.15) is 10.5 Å². The van der Waals surface area contributed by atoms with Gasteiger partial charge in [0.2, 0.25) is 0 Å². The number of nitrogens with zero attached hydrogens (tertiary/aromatic N) is 1. The molecule has 0 amide bonds. The number of hydrogen-bond acceptors (Lipinski definition) is 5. The van der Waals surface area contributed by atoms with Crippen molar-refractivity contribution in [3.05, 3.63) is 27.6 Å². The number of nitrogens with one attached hydrogen (secondary N) is 2. The maximum absolute atomic E-state index is 11.8. The third-order valence-electron chi connectivity index (χ3n) is 3.64. The average Bonchev–Trinajstić information content (AvgIpc) is 3.05. The molecule has 0 saturated heterocycles. The zero-order valence-electron chi connectivity index (χ0n) is 10.8. The number of fused-ring (bicyclic) bond motifs is 1. The van der Waals surface area contributed by atoms with Gasteiger partial charge in [0.05, 0.1) is 12.1 Å². The minimum absolute atomic E-state index is 0.0230. The number of thioether (sulfide) groups is 1. The third-order valence-corrected chi connectivity index (χ3v) is 5.64. The van der Waals surface area contributed by atoms with Crippen molar-refractivity contribution in [1.82, 2.24) is 15.3 Å². The highest BCUT2D eigenvalue weighted by Crippen LogP contribution is 2.28. The monoisotopic (exact) mass is 295 g/mol. The zero-order chi connectivity index (χ0) is 13.2. The highest BCUT2D eigenvalue weighted by Gasteiger charge is 2.23. The molecule has 0 aliphatic heterocycles. The van der Waals surface area contributed by atoms with Gasteiger partial charge in [-0.15, -0.1) is 11.3 Å². The van der Waals surface area contributed by atoms with Crippen molar-refractivity contribution in [3.8, 4) is 0 Å². The van der Waals surface area contributed by atoms with E-state index >= 15 is 0 Å². The zero-order valence-corrected chi connectivity index (χ0v) is 12.4. The van der Waals surface area contributed by atoms with Gasteiger partial charge in [0.15, 0.2) is 0 Å². The fourth-order valence-corrected chi connectivity index (χ4v) is 4.11. The molecule has 2 atom stereocenters. The maximum Gasteiger partial charge on any atom is 0.268 e. The summed E-state index contributed by atoms with van der Waals surface area (Å²) in [5.41, 5.74) is 0.782. The molecule has 1 aliphatic carbocycles. The summed E-state index contributed by atoms with van der Waals surface area (Å²) < 4.78 is 0.715. The predicted molar refractivity (Wildman–Crippen MR) is 82.0 cm³/mol. The number of rotatable bonds is 4. The summed E-state index contributed by atoms with van der Waals surface area (Å²) in [6.45, 7) is 0.646. The third kappa shape index (κ3) is 2.85. The molecule has 19 heavy (non-hydrogen) atoms. The summed E-state index contributed by atoms with van der Waals surface area (Å²) in [6, 6.07) is 2.46. The van der Waals surface area contributed by atoms with Gasteiger partial charge < -0.3 is 10.3 Å². The molecule has 4 nitrogen and oxygen atoms in total. The van der Waals surface area contributed by atoms with Crippen LogP contribution in [0, 0.1) is 0 Å². The van der Waals surface area contributed by atoms with E-state index in [2.05, 4.69) is 21.5 Å². The Labute approximate surface area is 120 Å². The van der Waals surface area contributed by atoms with Crippen LogP contribution in [0.2, 0.25) is 0 Å². The van der Waals surface area contributed by atoms with E-state index < -0.39 is 0 Å². The van der Waals surface area contributed by atoms with Crippen LogP contribution in [-0.2, 0) is 6.54 Å². The molecule has 2 N–H and O–H groups in total. The van der Waals surface area contributed by atoms with Gasteiger partial charge in [-0.25, -0.2) is 4.98 Å². The summed E-state index contributed by atoms with van der Waals surface area (Å²) in [6.07, 6.45) is 5.89. The molecule has 3 rings (SSSR count). The first kappa shape index (κ1) is 13.1. The molecule has 2 aromatic heterocycles. The maximum atomic E-state index is 11.8. The minimum Gasteiger partial charge on any atom is -0.308 e. The molecule has 1 saturated carbocycles. The van der Waals surface area contributed by atoms with E-state index in [4.69, 9.17) is 0 Å². The topological polar surface area (TPSA) is 57.8 Å². The first-order valence-corrected chi connectivity index (χ1v) is 8.65. The second kappa shape index (κ2) is 5.64. The fourth-order valence-electron chi connectivity index (χ4n) is 2.59. The average molecular weight is 295 g/mol. The van der Waals surface area contributed by atoms with Gasteiger partial charge in [-0.3, -0.25) is 4.79 Å². The van der Waals surface area contributed by atoms with Crippen LogP contribution in [-0.4, -0.2) is 27.5 Å². The Hall–Kier alpha value is -0.850. The largest absolute Gasteiger partial charge is 0.308 e. The number of aromatic nitrogens is 2. The van der Waals surface area contributed by atoms with Crippen molar-refractivity contribution in [2.75, 3.05) is 6.26 Å². The van der Waals surface area contributed by atoms with Gasteiger partial charge in [0.25, 0.3) is 5.56 Å². The van der Waals surface area contributed by atoms with Crippen LogP contribution in [0.4, 0.5) is 0 Å². The predicted octanol–water partition coefficient (Wildman–Crippen LogP) is 2.36.